The van der Waals surface area contributed by atoms with Gasteiger partial charge in [-0.2, -0.15) is 5.26 Å². The summed E-state index contributed by atoms with van der Waals surface area (Å²) >= 11 is 0. The molecule has 0 heterocycles. The SMILES string of the molecule is CCCOCC(C)C#N. The van der Waals surface area contributed by atoms with Crippen LogP contribution in [0.2, 0.25) is 0 Å². The molecule has 0 aromatic heterocycles. The van der Waals surface area contributed by atoms with E-state index in [1.54, 1.807) is 0 Å². The quantitative estimate of drug-likeness (QED) is 0.537. The molecule has 0 bridgehead atoms. The first-order chi connectivity index (χ1) is 4.31. The van der Waals surface area contributed by atoms with E-state index in [9.17, 15) is 0 Å². The Morgan fingerprint density at radius 2 is 2.33 bits per heavy atom. The molecule has 0 aromatic carbocycles. The molecule has 0 aliphatic carbocycles. The third kappa shape index (κ3) is 5.32. The van der Waals surface area contributed by atoms with Crippen LogP contribution in [-0.2, 0) is 4.74 Å². The van der Waals surface area contributed by atoms with E-state index in [0.717, 1.165) is 13.0 Å². The van der Waals surface area contributed by atoms with Crippen molar-refractivity contribution in [2.24, 2.45) is 5.92 Å². The molecule has 0 amide bonds. The zero-order valence-corrected chi connectivity index (χ0v) is 6.05. The summed E-state index contributed by atoms with van der Waals surface area (Å²) in [6.45, 7) is 5.25. The van der Waals surface area contributed by atoms with Crippen LogP contribution in [0, 0.1) is 17.2 Å². The molecule has 0 aliphatic rings. The maximum Gasteiger partial charge on any atom is 0.0677 e. The Hall–Kier alpha value is -0.550. The number of hydrogen-bond acceptors (Lipinski definition) is 2. The zero-order chi connectivity index (χ0) is 7.11. The highest BCUT2D eigenvalue weighted by molar-refractivity contribution is 4.77. The molecule has 0 spiro atoms. The summed E-state index contributed by atoms with van der Waals surface area (Å²) in [7, 11) is 0. The van der Waals surface area contributed by atoms with Crippen LogP contribution in [0.25, 0.3) is 0 Å². The van der Waals surface area contributed by atoms with Crippen LogP contribution in [0.4, 0.5) is 0 Å². The molecule has 0 radical (unpaired) electrons. The predicted octanol–water partition coefficient (Wildman–Crippen LogP) is 1.57. The smallest absolute Gasteiger partial charge is 0.0677 e. The van der Waals surface area contributed by atoms with Gasteiger partial charge in [-0.3, -0.25) is 0 Å². The van der Waals surface area contributed by atoms with Crippen molar-refractivity contribution in [3.8, 4) is 6.07 Å². The molecule has 0 aromatic rings. The van der Waals surface area contributed by atoms with Crippen LogP contribution in [0.5, 0.6) is 0 Å². The van der Waals surface area contributed by atoms with Crippen molar-refractivity contribution in [1.82, 2.24) is 0 Å². The minimum atomic E-state index is 0.0385. The summed E-state index contributed by atoms with van der Waals surface area (Å²) in [5, 5.41) is 8.30. The van der Waals surface area contributed by atoms with E-state index in [4.69, 9.17) is 10.00 Å². The largest absolute Gasteiger partial charge is 0.380 e. The van der Waals surface area contributed by atoms with Gasteiger partial charge in [-0.15, -0.1) is 0 Å². The Morgan fingerprint density at radius 1 is 1.67 bits per heavy atom. The monoisotopic (exact) mass is 127 g/mol. The lowest BCUT2D eigenvalue weighted by molar-refractivity contribution is 0.119. The second kappa shape index (κ2) is 5.58. The highest BCUT2D eigenvalue weighted by atomic mass is 16.5. The first-order valence-electron chi connectivity index (χ1n) is 3.28. The number of hydrogen-bond donors (Lipinski definition) is 0. The van der Waals surface area contributed by atoms with E-state index in [0.29, 0.717) is 6.61 Å². The van der Waals surface area contributed by atoms with E-state index in [1.165, 1.54) is 0 Å². The molecule has 0 aliphatic heterocycles. The van der Waals surface area contributed by atoms with Gasteiger partial charge >= 0.3 is 0 Å². The number of nitriles is 1. The van der Waals surface area contributed by atoms with Crippen molar-refractivity contribution in [3.05, 3.63) is 0 Å². The van der Waals surface area contributed by atoms with Crippen molar-refractivity contribution in [3.63, 3.8) is 0 Å². The van der Waals surface area contributed by atoms with Gasteiger partial charge < -0.3 is 4.74 Å². The fourth-order valence-electron chi connectivity index (χ4n) is 0.442. The van der Waals surface area contributed by atoms with Crippen LogP contribution < -0.4 is 0 Å². The van der Waals surface area contributed by atoms with Gasteiger partial charge in [0.05, 0.1) is 18.6 Å². The van der Waals surface area contributed by atoms with Crippen LogP contribution >= 0.6 is 0 Å². The van der Waals surface area contributed by atoms with Gasteiger partial charge in [0.2, 0.25) is 0 Å². The van der Waals surface area contributed by atoms with E-state index in [1.807, 2.05) is 6.92 Å². The number of rotatable bonds is 4. The van der Waals surface area contributed by atoms with Gasteiger partial charge in [-0.1, -0.05) is 6.92 Å². The van der Waals surface area contributed by atoms with Crippen molar-refractivity contribution >= 4 is 0 Å². The normalized spacial score (nSPS) is 12.6. The fraction of sp³-hybridized carbons (Fsp3) is 0.857. The van der Waals surface area contributed by atoms with Crippen LogP contribution in [0.3, 0.4) is 0 Å². The second-order valence-corrected chi connectivity index (χ2v) is 2.11. The third-order valence-electron chi connectivity index (χ3n) is 0.937. The minimum Gasteiger partial charge on any atom is -0.380 e. The maximum absolute atomic E-state index is 8.30. The zero-order valence-electron chi connectivity index (χ0n) is 6.05. The first kappa shape index (κ1) is 8.45. The summed E-state index contributed by atoms with van der Waals surface area (Å²) in [5.74, 6) is 0.0385. The summed E-state index contributed by atoms with van der Waals surface area (Å²) in [6.07, 6.45) is 1.03. The Balaban J connectivity index is 2.99. The van der Waals surface area contributed by atoms with E-state index >= 15 is 0 Å². The Bertz CT molecular complexity index is 95.6. The Kier molecular flexibility index (Phi) is 5.24. The first-order valence-corrected chi connectivity index (χ1v) is 3.28. The third-order valence-corrected chi connectivity index (χ3v) is 0.937. The molecule has 9 heavy (non-hydrogen) atoms. The lowest BCUT2D eigenvalue weighted by Crippen LogP contribution is -2.03. The molecule has 0 N–H and O–H groups in total. The Labute approximate surface area is 56.4 Å². The molecule has 1 atom stereocenters. The summed E-state index contributed by atoms with van der Waals surface area (Å²) < 4.78 is 5.11. The van der Waals surface area contributed by atoms with E-state index in [-0.39, 0.29) is 5.92 Å². The van der Waals surface area contributed by atoms with Crippen molar-refractivity contribution in [2.45, 2.75) is 20.3 Å². The molecule has 2 heteroatoms. The number of ether oxygens (including phenoxy) is 1. The van der Waals surface area contributed by atoms with Gasteiger partial charge in [-0.05, 0) is 13.3 Å². The molecular weight excluding hydrogens is 114 g/mol. The van der Waals surface area contributed by atoms with Gasteiger partial charge in [0, 0.05) is 6.61 Å². The molecule has 1 unspecified atom stereocenters. The van der Waals surface area contributed by atoms with E-state index < -0.39 is 0 Å². The molecule has 0 rings (SSSR count). The summed E-state index contributed by atoms with van der Waals surface area (Å²) in [5.41, 5.74) is 0. The van der Waals surface area contributed by atoms with Gasteiger partial charge in [0.25, 0.3) is 0 Å². The predicted molar refractivity (Wildman–Crippen MR) is 35.9 cm³/mol. The van der Waals surface area contributed by atoms with Crippen LogP contribution in [0.15, 0.2) is 0 Å². The lowest BCUT2D eigenvalue weighted by Gasteiger charge is -2.01. The van der Waals surface area contributed by atoms with Crippen molar-refractivity contribution < 1.29 is 4.74 Å². The van der Waals surface area contributed by atoms with Crippen LogP contribution in [0.1, 0.15) is 20.3 Å². The maximum atomic E-state index is 8.30. The second-order valence-electron chi connectivity index (χ2n) is 2.11. The van der Waals surface area contributed by atoms with Gasteiger partial charge in [-0.25, -0.2) is 0 Å². The van der Waals surface area contributed by atoms with Crippen molar-refractivity contribution in [1.29, 1.82) is 5.26 Å². The topological polar surface area (TPSA) is 33.0 Å². The van der Waals surface area contributed by atoms with Crippen molar-refractivity contribution in [2.75, 3.05) is 13.2 Å². The van der Waals surface area contributed by atoms with Crippen LogP contribution in [-0.4, -0.2) is 13.2 Å². The standard InChI is InChI=1S/C7H13NO/c1-3-4-9-6-7(2)5-8/h7H,3-4,6H2,1-2H3. The average Bonchev–Trinajstić information content (AvgIpc) is 1.89. The minimum absolute atomic E-state index is 0.0385. The molecule has 0 fully saturated rings. The number of nitrogens with zero attached hydrogens (tertiary/aromatic N) is 1. The summed E-state index contributed by atoms with van der Waals surface area (Å²) in [4.78, 5) is 0. The molecule has 0 saturated heterocycles. The van der Waals surface area contributed by atoms with Gasteiger partial charge in [0.15, 0.2) is 0 Å². The molecule has 52 valence electrons. The average molecular weight is 127 g/mol. The lowest BCUT2D eigenvalue weighted by atomic mass is 10.2. The Morgan fingerprint density at radius 3 is 2.78 bits per heavy atom. The fourth-order valence-corrected chi connectivity index (χ4v) is 0.442. The molecular formula is C7H13NO. The van der Waals surface area contributed by atoms with Gasteiger partial charge in [0.1, 0.15) is 0 Å². The highest BCUT2D eigenvalue weighted by Gasteiger charge is 1.96. The van der Waals surface area contributed by atoms with E-state index in [2.05, 4.69) is 13.0 Å². The highest BCUT2D eigenvalue weighted by Crippen LogP contribution is 1.92. The summed E-state index contributed by atoms with van der Waals surface area (Å²) in [6, 6.07) is 2.10. The molecule has 0 saturated carbocycles. The molecule has 2 nitrogen and oxygen atoms in total.